The first-order valence-electron chi connectivity index (χ1n) is 13.4. The summed E-state index contributed by atoms with van der Waals surface area (Å²) in [5, 5.41) is 3.05. The lowest BCUT2D eigenvalue weighted by Crippen LogP contribution is -2.39. The van der Waals surface area contributed by atoms with Crippen molar-refractivity contribution >= 4 is 21.7 Å². The van der Waals surface area contributed by atoms with Crippen molar-refractivity contribution in [3.63, 3.8) is 0 Å². The molecule has 0 radical (unpaired) electrons. The second kappa shape index (κ2) is 16.3. The van der Waals surface area contributed by atoms with E-state index in [1.54, 1.807) is 41.0 Å². The van der Waals surface area contributed by atoms with Gasteiger partial charge in [-0.1, -0.05) is 43.9 Å². The number of unbranched alkanes of at least 4 members (excludes halogenated alkanes) is 5. The first-order valence-corrected chi connectivity index (χ1v) is 14.8. The van der Waals surface area contributed by atoms with Crippen molar-refractivity contribution in [2.24, 2.45) is 10.7 Å². The average molecular weight is 531 g/mol. The molecule has 3 N–H and O–H groups in total. The number of nitrogens with two attached hydrogens (primary N) is 1. The zero-order valence-corrected chi connectivity index (χ0v) is 22.6. The highest BCUT2D eigenvalue weighted by Crippen LogP contribution is 2.17. The molecule has 2 heterocycles. The van der Waals surface area contributed by atoms with Crippen LogP contribution in [0.25, 0.3) is 0 Å². The van der Waals surface area contributed by atoms with Crippen LogP contribution in [-0.4, -0.2) is 81.0 Å². The van der Waals surface area contributed by atoms with Gasteiger partial charge in [-0.2, -0.15) is 4.31 Å². The second-order valence-corrected chi connectivity index (χ2v) is 11.2. The molecular formula is C27H42N6O3S. The quantitative estimate of drug-likeness (QED) is 0.194. The Labute approximate surface area is 222 Å². The molecule has 10 heteroatoms. The number of rotatable bonds is 16. The van der Waals surface area contributed by atoms with E-state index in [2.05, 4.69) is 20.2 Å². The topological polar surface area (TPSA) is 113 Å². The minimum atomic E-state index is -3.49. The maximum absolute atomic E-state index is 13.3. The summed E-state index contributed by atoms with van der Waals surface area (Å²) in [5.74, 6) is 0.416. The lowest BCUT2D eigenvalue weighted by atomic mass is 10.1. The summed E-state index contributed by atoms with van der Waals surface area (Å²) >= 11 is 0. The van der Waals surface area contributed by atoms with Gasteiger partial charge in [-0.25, -0.2) is 8.42 Å². The molecule has 9 nitrogen and oxygen atoms in total. The van der Waals surface area contributed by atoms with Gasteiger partial charge in [-0.3, -0.25) is 14.9 Å². The van der Waals surface area contributed by atoms with E-state index in [1.807, 2.05) is 18.2 Å². The predicted molar refractivity (Wildman–Crippen MR) is 149 cm³/mol. The lowest BCUT2D eigenvalue weighted by Gasteiger charge is -2.28. The van der Waals surface area contributed by atoms with Gasteiger partial charge in [-0.05, 0) is 50.1 Å². The number of pyridine rings is 1. The molecule has 2 aromatic rings. The molecule has 1 fully saturated rings. The summed E-state index contributed by atoms with van der Waals surface area (Å²) in [6, 6.07) is 12.5. The van der Waals surface area contributed by atoms with Crippen molar-refractivity contribution in [1.82, 2.24) is 14.2 Å². The Morgan fingerprint density at radius 3 is 2.32 bits per heavy atom. The van der Waals surface area contributed by atoms with Gasteiger partial charge in [0.15, 0.2) is 5.96 Å². The first kappa shape index (κ1) is 29.0. The number of aromatic nitrogens is 1. The van der Waals surface area contributed by atoms with Crippen molar-refractivity contribution < 1.29 is 13.2 Å². The number of hydrogen-bond donors (Lipinski definition) is 2. The molecule has 0 saturated carbocycles. The van der Waals surface area contributed by atoms with Gasteiger partial charge < -0.3 is 15.8 Å². The van der Waals surface area contributed by atoms with Crippen molar-refractivity contribution in [3.8, 4) is 0 Å². The number of ether oxygens (including phenoxy) is 1. The smallest absolute Gasteiger partial charge is 0.243 e. The Morgan fingerprint density at radius 1 is 0.946 bits per heavy atom. The van der Waals surface area contributed by atoms with Gasteiger partial charge in [0.25, 0.3) is 0 Å². The lowest BCUT2D eigenvalue weighted by molar-refractivity contribution is 0.0369. The third kappa shape index (κ3) is 10.8. The number of nitrogens with zero attached hydrogens (tertiary/aromatic N) is 4. The number of benzene rings is 1. The number of anilines is 1. The highest BCUT2D eigenvalue weighted by molar-refractivity contribution is 7.89. The molecule has 0 spiro atoms. The molecule has 0 unspecified atom stereocenters. The van der Waals surface area contributed by atoms with Crippen LogP contribution in [0.2, 0.25) is 0 Å². The standard InChI is InChI=1S/C27H42N6O3S/c28-27(31-25-13-16-29-17-14-25)30-15-8-3-1-2-4-9-19-33(20-10-18-32-21-23-36-24-22-32)37(34,35)26-11-6-5-7-12-26/h5-7,11-14,16-17H,1-4,8-10,15,18-24H2,(H3,28,29,30,31). The number of nitrogens with one attached hydrogen (secondary N) is 1. The first-order chi connectivity index (χ1) is 18.1. The largest absolute Gasteiger partial charge is 0.379 e. The second-order valence-electron chi connectivity index (χ2n) is 9.27. The fraction of sp³-hybridized carbons (Fsp3) is 0.556. The van der Waals surface area contributed by atoms with Crippen LogP contribution in [0.1, 0.15) is 44.9 Å². The normalized spacial score (nSPS) is 15.2. The van der Waals surface area contributed by atoms with Crippen LogP contribution >= 0.6 is 0 Å². The Bertz CT molecular complexity index is 1010. The van der Waals surface area contributed by atoms with Gasteiger partial charge in [0, 0.05) is 50.8 Å². The van der Waals surface area contributed by atoms with E-state index >= 15 is 0 Å². The van der Waals surface area contributed by atoms with Gasteiger partial charge >= 0.3 is 0 Å². The minimum absolute atomic E-state index is 0.375. The zero-order valence-electron chi connectivity index (χ0n) is 21.8. The Hall–Kier alpha value is -2.53. The van der Waals surface area contributed by atoms with Crippen LogP contribution in [0.5, 0.6) is 0 Å². The molecule has 3 rings (SSSR count). The highest BCUT2D eigenvalue weighted by atomic mass is 32.2. The number of hydrogen-bond acceptors (Lipinski definition) is 6. The predicted octanol–water partition coefficient (Wildman–Crippen LogP) is 3.56. The molecular weight excluding hydrogens is 488 g/mol. The van der Waals surface area contributed by atoms with E-state index in [1.165, 1.54) is 0 Å². The van der Waals surface area contributed by atoms with Crippen LogP contribution < -0.4 is 11.1 Å². The van der Waals surface area contributed by atoms with E-state index in [4.69, 9.17) is 10.5 Å². The van der Waals surface area contributed by atoms with Crippen molar-refractivity contribution in [2.45, 2.75) is 49.8 Å². The van der Waals surface area contributed by atoms with Crippen molar-refractivity contribution in [1.29, 1.82) is 0 Å². The molecule has 1 aliphatic rings. The monoisotopic (exact) mass is 530 g/mol. The van der Waals surface area contributed by atoms with Gasteiger partial charge in [0.1, 0.15) is 0 Å². The molecule has 37 heavy (non-hydrogen) atoms. The van der Waals surface area contributed by atoms with E-state index in [0.29, 0.717) is 30.5 Å². The summed E-state index contributed by atoms with van der Waals surface area (Å²) in [4.78, 5) is 11.1. The van der Waals surface area contributed by atoms with Crippen LogP contribution in [-0.2, 0) is 14.8 Å². The number of aliphatic imine (C=N–C) groups is 1. The number of sulfonamides is 1. The molecule has 1 aromatic heterocycles. The van der Waals surface area contributed by atoms with E-state index in [9.17, 15) is 8.42 Å². The fourth-order valence-electron chi connectivity index (χ4n) is 4.32. The van der Waals surface area contributed by atoms with E-state index in [0.717, 1.165) is 83.5 Å². The SMILES string of the molecule is NC(=NCCCCCCCCN(CCCN1CCOCC1)S(=O)(=O)c1ccccc1)Nc1ccncc1. The summed E-state index contributed by atoms with van der Waals surface area (Å²) < 4.78 is 33.7. The van der Waals surface area contributed by atoms with Crippen molar-refractivity contribution in [3.05, 3.63) is 54.9 Å². The van der Waals surface area contributed by atoms with Crippen molar-refractivity contribution in [2.75, 3.05) is 57.8 Å². The third-order valence-electron chi connectivity index (χ3n) is 6.42. The molecule has 204 valence electrons. The minimum Gasteiger partial charge on any atom is -0.379 e. The highest BCUT2D eigenvalue weighted by Gasteiger charge is 2.24. The molecule has 0 bridgehead atoms. The third-order valence-corrected chi connectivity index (χ3v) is 8.33. The maximum atomic E-state index is 13.3. The van der Waals surface area contributed by atoms with Crippen LogP contribution in [0.4, 0.5) is 5.69 Å². The molecule has 0 amide bonds. The maximum Gasteiger partial charge on any atom is 0.243 e. The van der Waals surface area contributed by atoms with Gasteiger partial charge in [-0.15, -0.1) is 0 Å². The van der Waals surface area contributed by atoms with Crippen LogP contribution in [0.15, 0.2) is 64.7 Å². The Morgan fingerprint density at radius 2 is 1.59 bits per heavy atom. The average Bonchev–Trinajstić information content (AvgIpc) is 2.92. The summed E-state index contributed by atoms with van der Waals surface area (Å²) in [6.07, 6.45) is 10.4. The zero-order chi connectivity index (χ0) is 26.2. The molecule has 1 aliphatic heterocycles. The van der Waals surface area contributed by atoms with Gasteiger partial charge in [0.05, 0.1) is 18.1 Å². The summed E-state index contributed by atoms with van der Waals surface area (Å²) in [7, 11) is -3.49. The molecule has 0 atom stereocenters. The van der Waals surface area contributed by atoms with Crippen LogP contribution in [0, 0.1) is 0 Å². The van der Waals surface area contributed by atoms with Gasteiger partial charge in [0.2, 0.25) is 10.0 Å². The number of morpholine rings is 1. The number of guanidine groups is 1. The van der Waals surface area contributed by atoms with Crippen LogP contribution in [0.3, 0.4) is 0 Å². The summed E-state index contributed by atoms with van der Waals surface area (Å²) in [5.41, 5.74) is 6.80. The molecule has 0 aliphatic carbocycles. The van der Waals surface area contributed by atoms with E-state index in [-0.39, 0.29) is 0 Å². The Kier molecular flexibility index (Phi) is 12.8. The fourth-order valence-corrected chi connectivity index (χ4v) is 5.86. The molecule has 1 aromatic carbocycles. The van der Waals surface area contributed by atoms with E-state index < -0.39 is 10.0 Å². The summed E-state index contributed by atoms with van der Waals surface area (Å²) in [6.45, 7) is 6.05. The Balaban J connectivity index is 1.35. The molecule has 1 saturated heterocycles.